The second-order valence-corrected chi connectivity index (χ2v) is 4.61. The van der Waals surface area contributed by atoms with Crippen molar-refractivity contribution in [3.63, 3.8) is 0 Å². The summed E-state index contributed by atoms with van der Waals surface area (Å²) in [5.74, 6) is 0. The predicted octanol–water partition coefficient (Wildman–Crippen LogP) is 3.68. The molecule has 0 saturated heterocycles. The fourth-order valence-corrected chi connectivity index (χ4v) is 2.59. The van der Waals surface area contributed by atoms with Crippen molar-refractivity contribution in [2.45, 2.75) is 31.7 Å². The van der Waals surface area contributed by atoms with Gasteiger partial charge in [-0.3, -0.25) is 0 Å². The Balaban J connectivity index is 2.14. The van der Waals surface area contributed by atoms with Crippen LogP contribution in [0, 0.1) is 0 Å². The first-order valence-electron chi connectivity index (χ1n) is 6.42. The highest BCUT2D eigenvalue weighted by Crippen LogP contribution is 2.25. The normalized spacial score (nSPS) is 24.5. The van der Waals surface area contributed by atoms with Crippen molar-refractivity contribution in [1.82, 2.24) is 5.32 Å². The standard InChI is InChI=1S/C16H21N/c1-3-14-10-11-17-16(15(14)4-2)12-13-8-6-5-7-9-13/h3-4,6,8-9,16-17H,1-2,5,7,10-12H2. The molecule has 0 amide bonds. The van der Waals surface area contributed by atoms with E-state index < -0.39 is 0 Å². The Morgan fingerprint density at radius 3 is 2.82 bits per heavy atom. The maximum Gasteiger partial charge on any atom is 0.0363 e. The van der Waals surface area contributed by atoms with Gasteiger partial charge in [0.25, 0.3) is 0 Å². The van der Waals surface area contributed by atoms with Crippen LogP contribution in [-0.2, 0) is 0 Å². The molecule has 0 bridgehead atoms. The SMILES string of the molecule is C=CC1=C(C=C)C(CC2=CCCC=C2)NCC1. The molecule has 0 aromatic heterocycles. The van der Waals surface area contributed by atoms with Crippen LogP contribution in [0.5, 0.6) is 0 Å². The predicted molar refractivity (Wildman–Crippen MR) is 74.9 cm³/mol. The van der Waals surface area contributed by atoms with Crippen LogP contribution in [0.3, 0.4) is 0 Å². The molecule has 1 atom stereocenters. The van der Waals surface area contributed by atoms with Gasteiger partial charge < -0.3 is 5.32 Å². The highest BCUT2D eigenvalue weighted by atomic mass is 14.9. The van der Waals surface area contributed by atoms with Gasteiger partial charge in [0.2, 0.25) is 0 Å². The van der Waals surface area contributed by atoms with Gasteiger partial charge in [0, 0.05) is 6.04 Å². The molecule has 2 rings (SSSR count). The molecule has 1 aliphatic heterocycles. The van der Waals surface area contributed by atoms with Gasteiger partial charge in [-0.25, -0.2) is 0 Å². The minimum absolute atomic E-state index is 0.406. The summed E-state index contributed by atoms with van der Waals surface area (Å²) in [6.45, 7) is 8.89. The van der Waals surface area contributed by atoms with Crippen LogP contribution in [-0.4, -0.2) is 12.6 Å². The fraction of sp³-hybridized carbons (Fsp3) is 0.375. The Morgan fingerprint density at radius 2 is 2.18 bits per heavy atom. The zero-order valence-corrected chi connectivity index (χ0v) is 10.4. The first-order valence-corrected chi connectivity index (χ1v) is 6.42. The Labute approximate surface area is 104 Å². The van der Waals surface area contributed by atoms with Crippen LogP contribution in [0.1, 0.15) is 25.7 Å². The molecule has 90 valence electrons. The molecule has 0 aromatic rings. The van der Waals surface area contributed by atoms with E-state index in [1.165, 1.54) is 29.6 Å². The van der Waals surface area contributed by atoms with Crippen molar-refractivity contribution in [2.24, 2.45) is 0 Å². The Bertz CT molecular complexity index is 396. The van der Waals surface area contributed by atoms with Crippen molar-refractivity contribution in [1.29, 1.82) is 0 Å². The summed E-state index contributed by atoms with van der Waals surface area (Å²) in [6, 6.07) is 0.406. The maximum atomic E-state index is 3.94. The topological polar surface area (TPSA) is 12.0 Å². The zero-order valence-electron chi connectivity index (χ0n) is 10.4. The van der Waals surface area contributed by atoms with Gasteiger partial charge in [0.15, 0.2) is 0 Å². The van der Waals surface area contributed by atoms with Crippen molar-refractivity contribution in [2.75, 3.05) is 6.54 Å². The highest BCUT2D eigenvalue weighted by Gasteiger charge is 2.19. The van der Waals surface area contributed by atoms with Crippen molar-refractivity contribution < 1.29 is 0 Å². The third kappa shape index (κ3) is 2.86. The highest BCUT2D eigenvalue weighted by molar-refractivity contribution is 5.39. The maximum absolute atomic E-state index is 3.94. The molecule has 1 nitrogen and oxygen atoms in total. The van der Waals surface area contributed by atoms with Gasteiger partial charge >= 0.3 is 0 Å². The largest absolute Gasteiger partial charge is 0.309 e. The molecule has 1 heteroatoms. The molecule has 0 radical (unpaired) electrons. The number of hydrogen-bond donors (Lipinski definition) is 1. The second-order valence-electron chi connectivity index (χ2n) is 4.61. The summed E-state index contributed by atoms with van der Waals surface area (Å²) in [5, 5.41) is 3.58. The van der Waals surface area contributed by atoms with E-state index in [9.17, 15) is 0 Å². The van der Waals surface area contributed by atoms with E-state index >= 15 is 0 Å². The summed E-state index contributed by atoms with van der Waals surface area (Å²) in [7, 11) is 0. The van der Waals surface area contributed by atoms with E-state index in [0.29, 0.717) is 6.04 Å². The molecule has 2 aliphatic rings. The molecule has 0 fully saturated rings. The van der Waals surface area contributed by atoms with E-state index in [1.54, 1.807) is 0 Å². The third-order valence-corrected chi connectivity index (χ3v) is 3.51. The average molecular weight is 227 g/mol. The average Bonchev–Trinajstić information content (AvgIpc) is 2.39. The lowest BCUT2D eigenvalue weighted by molar-refractivity contribution is 0.546. The quantitative estimate of drug-likeness (QED) is 0.772. The number of hydrogen-bond acceptors (Lipinski definition) is 1. The zero-order chi connectivity index (χ0) is 12.1. The van der Waals surface area contributed by atoms with Gasteiger partial charge in [0.1, 0.15) is 0 Å². The summed E-state index contributed by atoms with van der Waals surface area (Å²) in [4.78, 5) is 0. The van der Waals surface area contributed by atoms with E-state index in [-0.39, 0.29) is 0 Å². The molecule has 0 aromatic carbocycles. The van der Waals surface area contributed by atoms with Crippen LogP contribution in [0.4, 0.5) is 0 Å². The van der Waals surface area contributed by atoms with Crippen LogP contribution in [0.2, 0.25) is 0 Å². The van der Waals surface area contributed by atoms with Gasteiger partial charge in [-0.2, -0.15) is 0 Å². The first-order chi connectivity index (χ1) is 8.35. The molecule has 1 heterocycles. The number of rotatable bonds is 4. The number of allylic oxidation sites excluding steroid dienone is 4. The smallest absolute Gasteiger partial charge is 0.0363 e. The Kier molecular flexibility index (Phi) is 4.16. The van der Waals surface area contributed by atoms with E-state index in [4.69, 9.17) is 0 Å². The summed E-state index contributed by atoms with van der Waals surface area (Å²) in [5.41, 5.74) is 4.12. The second kappa shape index (κ2) is 5.83. The Morgan fingerprint density at radius 1 is 1.29 bits per heavy atom. The molecule has 1 aliphatic carbocycles. The first kappa shape index (κ1) is 12.1. The molecule has 1 N–H and O–H groups in total. The van der Waals surface area contributed by atoms with Crippen LogP contribution >= 0.6 is 0 Å². The minimum Gasteiger partial charge on any atom is -0.309 e. The van der Waals surface area contributed by atoms with Gasteiger partial charge in [-0.05, 0) is 43.4 Å². The van der Waals surface area contributed by atoms with E-state index in [1.807, 2.05) is 12.2 Å². The third-order valence-electron chi connectivity index (χ3n) is 3.51. The lowest BCUT2D eigenvalue weighted by atomic mass is 9.89. The van der Waals surface area contributed by atoms with Crippen LogP contribution < -0.4 is 5.32 Å². The monoisotopic (exact) mass is 227 g/mol. The molecule has 0 saturated carbocycles. The van der Waals surface area contributed by atoms with Gasteiger partial charge in [0.05, 0.1) is 0 Å². The molecule has 17 heavy (non-hydrogen) atoms. The molecular formula is C16H21N. The van der Waals surface area contributed by atoms with Gasteiger partial charge in [-0.1, -0.05) is 49.1 Å². The molecular weight excluding hydrogens is 206 g/mol. The Hall–Kier alpha value is -1.34. The van der Waals surface area contributed by atoms with Crippen LogP contribution in [0.25, 0.3) is 0 Å². The van der Waals surface area contributed by atoms with E-state index in [2.05, 4.69) is 36.7 Å². The lowest BCUT2D eigenvalue weighted by Crippen LogP contribution is -2.36. The van der Waals surface area contributed by atoms with Crippen molar-refractivity contribution in [3.05, 3.63) is 60.3 Å². The summed E-state index contributed by atoms with van der Waals surface area (Å²) >= 11 is 0. The fourth-order valence-electron chi connectivity index (χ4n) is 2.59. The van der Waals surface area contributed by atoms with E-state index in [0.717, 1.165) is 19.4 Å². The van der Waals surface area contributed by atoms with Crippen molar-refractivity contribution in [3.8, 4) is 0 Å². The van der Waals surface area contributed by atoms with Crippen LogP contribution in [0.15, 0.2) is 60.3 Å². The van der Waals surface area contributed by atoms with Gasteiger partial charge in [-0.15, -0.1) is 0 Å². The molecule has 1 unspecified atom stereocenters. The minimum atomic E-state index is 0.406. The van der Waals surface area contributed by atoms with Crippen molar-refractivity contribution >= 4 is 0 Å². The number of nitrogens with one attached hydrogen (secondary N) is 1. The summed E-state index contributed by atoms with van der Waals surface area (Å²) in [6.07, 6.45) is 15.3. The lowest BCUT2D eigenvalue weighted by Gasteiger charge is -2.28. The molecule has 0 spiro atoms. The summed E-state index contributed by atoms with van der Waals surface area (Å²) < 4.78 is 0.